The minimum absolute atomic E-state index is 0. The molecule has 0 aliphatic carbocycles. The first-order chi connectivity index (χ1) is 10.2. The maximum absolute atomic E-state index is 12.2. The van der Waals surface area contributed by atoms with Gasteiger partial charge in [-0.25, -0.2) is 4.57 Å². The van der Waals surface area contributed by atoms with Crippen molar-refractivity contribution in [1.82, 2.24) is 4.98 Å². The lowest BCUT2D eigenvalue weighted by atomic mass is 10.1. The van der Waals surface area contributed by atoms with Crippen molar-refractivity contribution in [2.24, 2.45) is 0 Å². The Labute approximate surface area is 151 Å². The number of Topliss-reactive ketones (excluding diaryl/α,β-unsaturated/α-hetero) is 1. The van der Waals surface area contributed by atoms with E-state index in [4.69, 9.17) is 0 Å². The van der Waals surface area contributed by atoms with Crippen LogP contribution in [0.2, 0.25) is 0 Å². The van der Waals surface area contributed by atoms with Crippen molar-refractivity contribution in [2.45, 2.75) is 6.54 Å². The first-order valence-electron chi connectivity index (χ1n) is 6.40. The molecule has 0 unspecified atom stereocenters. The number of hydrogen-bond donors (Lipinski definition) is 0. The molecule has 0 aliphatic heterocycles. The molecule has 6 heteroatoms. The first-order valence-corrected chi connectivity index (χ1v) is 8.07. The highest BCUT2D eigenvalue weighted by molar-refractivity contribution is 9.10. The summed E-state index contributed by atoms with van der Waals surface area (Å²) >= 11 is 5.01. The molecule has 3 rings (SSSR count). The lowest BCUT2D eigenvalue weighted by Crippen LogP contribution is -2.37. The van der Waals surface area contributed by atoms with E-state index >= 15 is 0 Å². The number of thiophene rings is 1. The Kier molecular flexibility index (Phi) is 5.99. The van der Waals surface area contributed by atoms with Gasteiger partial charge in [-0.1, -0.05) is 34.1 Å². The molecule has 1 aromatic carbocycles. The molecule has 3 aromatic rings. The molecule has 0 saturated heterocycles. The zero-order valence-corrected chi connectivity index (χ0v) is 15.6. The fourth-order valence-electron chi connectivity index (χ4n) is 1.94. The Morgan fingerprint density at radius 3 is 2.55 bits per heavy atom. The van der Waals surface area contributed by atoms with E-state index in [0.717, 1.165) is 15.0 Å². The van der Waals surface area contributed by atoms with Crippen molar-refractivity contribution in [3.8, 4) is 10.6 Å². The summed E-state index contributed by atoms with van der Waals surface area (Å²) in [6.45, 7) is 0.291. The van der Waals surface area contributed by atoms with Crippen molar-refractivity contribution < 1.29 is 9.36 Å². The Morgan fingerprint density at radius 1 is 1.18 bits per heavy atom. The Hall–Kier alpha value is -1.37. The summed E-state index contributed by atoms with van der Waals surface area (Å²) in [5, 5.41) is 2.02. The monoisotopic (exact) mass is 439 g/mol. The van der Waals surface area contributed by atoms with Crippen molar-refractivity contribution in [3.05, 3.63) is 70.4 Å². The van der Waals surface area contributed by atoms with E-state index in [1.807, 2.05) is 54.0 Å². The molecule has 2 aromatic heterocycles. The molecule has 112 valence electrons. The summed E-state index contributed by atoms with van der Waals surface area (Å²) in [4.78, 5) is 17.7. The number of benzene rings is 1. The summed E-state index contributed by atoms with van der Waals surface area (Å²) in [7, 11) is 0. The van der Waals surface area contributed by atoms with E-state index in [1.165, 1.54) is 0 Å². The third-order valence-corrected chi connectivity index (χ3v) is 4.46. The smallest absolute Gasteiger partial charge is 0.287 e. The van der Waals surface area contributed by atoms with Crippen molar-refractivity contribution in [1.29, 1.82) is 0 Å². The van der Waals surface area contributed by atoms with Crippen LogP contribution in [-0.4, -0.2) is 10.8 Å². The predicted octanol–water partition coefficient (Wildman–Crippen LogP) is 4.32. The molecule has 0 fully saturated rings. The van der Waals surface area contributed by atoms with E-state index < -0.39 is 0 Å². The molecule has 22 heavy (non-hydrogen) atoms. The van der Waals surface area contributed by atoms with E-state index in [1.54, 1.807) is 22.2 Å². The van der Waals surface area contributed by atoms with Crippen molar-refractivity contribution in [2.75, 3.05) is 0 Å². The number of aromatic nitrogens is 2. The molecule has 0 aliphatic rings. The largest absolute Gasteiger partial charge is 0.290 e. The highest BCUT2D eigenvalue weighted by Crippen LogP contribution is 2.20. The average Bonchev–Trinajstić information content (AvgIpc) is 3.03. The van der Waals surface area contributed by atoms with Gasteiger partial charge in [0, 0.05) is 16.1 Å². The van der Waals surface area contributed by atoms with Crippen LogP contribution < -0.4 is 4.57 Å². The zero-order chi connectivity index (χ0) is 14.7. The van der Waals surface area contributed by atoms with Gasteiger partial charge in [-0.2, -0.15) is 0 Å². The molecule has 0 saturated carbocycles. The van der Waals surface area contributed by atoms with Crippen LogP contribution in [0, 0.1) is 0 Å². The minimum Gasteiger partial charge on any atom is -0.290 e. The Morgan fingerprint density at radius 2 is 1.95 bits per heavy atom. The fourth-order valence-corrected chi connectivity index (χ4v) is 2.91. The third-order valence-electron chi connectivity index (χ3n) is 3.04. The molecule has 3 nitrogen and oxygen atoms in total. The van der Waals surface area contributed by atoms with Gasteiger partial charge >= 0.3 is 0 Å². The van der Waals surface area contributed by atoms with Crippen LogP contribution in [-0.2, 0) is 6.54 Å². The van der Waals surface area contributed by atoms with Crippen LogP contribution in [0.25, 0.3) is 10.6 Å². The van der Waals surface area contributed by atoms with Crippen LogP contribution in [0.15, 0.2) is 64.8 Å². The summed E-state index contributed by atoms with van der Waals surface area (Å²) in [6.07, 6.45) is 3.59. The van der Waals surface area contributed by atoms with Gasteiger partial charge in [-0.15, -0.1) is 28.3 Å². The second-order valence-corrected chi connectivity index (χ2v) is 6.39. The normalized spacial score (nSPS) is 10.0. The van der Waals surface area contributed by atoms with Crippen LogP contribution in [0.1, 0.15) is 10.4 Å². The SMILES string of the molecule is Br.O=C(C[n+]1ccc(-c2cccs2)nc1)c1ccc(Br)cc1. The molecule has 0 radical (unpaired) electrons. The van der Waals surface area contributed by atoms with Gasteiger partial charge in [-0.3, -0.25) is 4.79 Å². The van der Waals surface area contributed by atoms with Gasteiger partial charge in [0.1, 0.15) is 0 Å². The van der Waals surface area contributed by atoms with E-state index in [0.29, 0.717) is 12.1 Å². The summed E-state index contributed by atoms with van der Waals surface area (Å²) in [5.74, 6) is 0.0678. The quantitative estimate of drug-likeness (QED) is 0.447. The summed E-state index contributed by atoms with van der Waals surface area (Å²) in [6, 6.07) is 13.3. The number of carbonyl (C=O) groups excluding carboxylic acids is 1. The van der Waals surface area contributed by atoms with E-state index in [-0.39, 0.29) is 22.8 Å². The first kappa shape index (κ1) is 17.0. The number of carbonyl (C=O) groups is 1. The van der Waals surface area contributed by atoms with Crippen LogP contribution in [0.5, 0.6) is 0 Å². The van der Waals surface area contributed by atoms with Crippen molar-refractivity contribution >= 4 is 50.0 Å². The van der Waals surface area contributed by atoms with Crippen LogP contribution in [0.3, 0.4) is 0 Å². The highest BCUT2D eigenvalue weighted by atomic mass is 79.9. The fraction of sp³-hybridized carbons (Fsp3) is 0.0625. The maximum atomic E-state index is 12.2. The molecule has 0 atom stereocenters. The van der Waals surface area contributed by atoms with E-state index in [2.05, 4.69) is 20.9 Å². The number of halogens is 2. The predicted molar refractivity (Wildman–Crippen MR) is 96.5 cm³/mol. The zero-order valence-electron chi connectivity index (χ0n) is 11.5. The number of ketones is 1. The minimum atomic E-state index is 0. The van der Waals surface area contributed by atoms with Crippen LogP contribution >= 0.6 is 44.2 Å². The van der Waals surface area contributed by atoms with Gasteiger partial charge < -0.3 is 0 Å². The summed E-state index contributed by atoms with van der Waals surface area (Å²) in [5.41, 5.74) is 1.63. The molecular formula is C16H13Br2N2OS+. The second kappa shape index (κ2) is 7.76. The molecular weight excluding hydrogens is 428 g/mol. The second-order valence-electron chi connectivity index (χ2n) is 4.53. The molecule has 0 N–H and O–H groups in total. The molecule has 0 spiro atoms. The van der Waals surface area contributed by atoms with Gasteiger partial charge in [0.05, 0.1) is 11.1 Å². The van der Waals surface area contributed by atoms with Crippen LogP contribution in [0.4, 0.5) is 0 Å². The third kappa shape index (κ3) is 4.09. The number of nitrogens with zero attached hydrogens (tertiary/aromatic N) is 2. The Bertz CT molecular complexity index is 741. The topological polar surface area (TPSA) is 33.8 Å². The molecule has 0 bridgehead atoms. The van der Waals surface area contributed by atoms with Gasteiger partial charge in [0.15, 0.2) is 12.2 Å². The van der Waals surface area contributed by atoms with Gasteiger partial charge in [0.2, 0.25) is 5.78 Å². The maximum Gasteiger partial charge on any atom is 0.287 e. The summed E-state index contributed by atoms with van der Waals surface area (Å²) < 4.78 is 2.76. The molecule has 2 heterocycles. The lowest BCUT2D eigenvalue weighted by Gasteiger charge is -2.00. The average molecular weight is 441 g/mol. The Balaban J connectivity index is 0.00000176. The lowest BCUT2D eigenvalue weighted by molar-refractivity contribution is -0.686. The molecule has 0 amide bonds. The standard InChI is InChI=1S/C16H12BrN2OS.BrH/c17-13-5-3-12(4-6-13)15(20)10-19-8-7-14(18-11-19)16-2-1-9-21-16;/h1-9,11H,10H2;1H/q+1;. The highest BCUT2D eigenvalue weighted by Gasteiger charge is 2.12. The van der Waals surface area contributed by atoms with Crippen molar-refractivity contribution in [3.63, 3.8) is 0 Å². The number of hydrogen-bond acceptors (Lipinski definition) is 3. The van der Waals surface area contributed by atoms with Gasteiger partial charge in [0.25, 0.3) is 6.33 Å². The van der Waals surface area contributed by atoms with E-state index in [9.17, 15) is 4.79 Å². The number of rotatable bonds is 4. The van der Waals surface area contributed by atoms with Gasteiger partial charge in [-0.05, 0) is 28.6 Å².